The van der Waals surface area contributed by atoms with Crippen molar-refractivity contribution in [2.45, 2.75) is 37.8 Å². The number of carbonyl (C=O) groups is 2. The van der Waals surface area contributed by atoms with E-state index in [1.54, 1.807) is 11.8 Å². The molecule has 0 unspecified atom stereocenters. The third-order valence-electron chi connectivity index (χ3n) is 6.32. The minimum Gasteiger partial charge on any atom is -0.477 e. The number of rotatable bonds is 7. The second kappa shape index (κ2) is 11.7. The van der Waals surface area contributed by atoms with Crippen molar-refractivity contribution in [3.05, 3.63) is 24.7 Å². The Bertz CT molecular complexity index is 1120. The van der Waals surface area contributed by atoms with Gasteiger partial charge in [0.05, 0.1) is 19.0 Å². The standard InChI is InChI=1S/C23H31F2N9O4/c1-4-37-19-12-27-18(11-28-19)30-21(35)33(3)16-14-34(10-7-23(16,24)25)20-26-8-5-17(29-20)31-22(36)38-15-6-9-32(2)13-15/h5,8,11-12,15-16H,4,6-7,9-10,13-14H2,1-3H3,(H,27,30,35)(H,26,29,31,36)/t15-,16+/m1/s1. The number of hydrogen-bond donors (Lipinski definition) is 2. The summed E-state index contributed by atoms with van der Waals surface area (Å²) in [6, 6.07) is -0.762. The molecule has 3 amide bonds. The van der Waals surface area contributed by atoms with E-state index < -0.39 is 30.5 Å². The van der Waals surface area contributed by atoms with E-state index in [2.05, 4.69) is 35.5 Å². The van der Waals surface area contributed by atoms with Gasteiger partial charge in [0.1, 0.15) is 18.0 Å². The van der Waals surface area contributed by atoms with E-state index >= 15 is 0 Å². The number of amides is 3. The first-order chi connectivity index (χ1) is 18.1. The maximum atomic E-state index is 14.9. The summed E-state index contributed by atoms with van der Waals surface area (Å²) >= 11 is 0. The molecule has 13 nitrogen and oxygen atoms in total. The number of anilines is 3. The molecule has 15 heteroatoms. The highest BCUT2D eigenvalue weighted by atomic mass is 19.3. The van der Waals surface area contributed by atoms with Gasteiger partial charge in [-0.05, 0) is 26.5 Å². The van der Waals surface area contributed by atoms with Crippen LogP contribution >= 0.6 is 0 Å². The number of likely N-dealkylation sites (tertiary alicyclic amines) is 1. The van der Waals surface area contributed by atoms with Crippen LogP contribution in [0.25, 0.3) is 0 Å². The van der Waals surface area contributed by atoms with Crippen LogP contribution in [0, 0.1) is 0 Å². The number of urea groups is 1. The van der Waals surface area contributed by atoms with Crippen molar-refractivity contribution in [1.82, 2.24) is 29.7 Å². The normalized spacial score (nSPS) is 21.0. The molecule has 206 valence electrons. The summed E-state index contributed by atoms with van der Waals surface area (Å²) in [6.45, 7) is 3.43. The molecule has 0 aliphatic carbocycles. The van der Waals surface area contributed by atoms with Crippen molar-refractivity contribution in [2.24, 2.45) is 0 Å². The second-order valence-electron chi connectivity index (χ2n) is 9.13. The lowest BCUT2D eigenvalue weighted by molar-refractivity contribution is -0.0760. The van der Waals surface area contributed by atoms with Gasteiger partial charge in [-0.15, -0.1) is 0 Å². The molecule has 2 N–H and O–H groups in total. The zero-order chi connectivity index (χ0) is 27.3. The first-order valence-corrected chi connectivity index (χ1v) is 12.2. The van der Waals surface area contributed by atoms with Crippen LogP contribution in [0.2, 0.25) is 0 Å². The molecule has 2 aliphatic heterocycles. The highest BCUT2D eigenvalue weighted by Gasteiger charge is 2.48. The molecule has 0 saturated carbocycles. The Kier molecular flexibility index (Phi) is 8.34. The fourth-order valence-electron chi connectivity index (χ4n) is 4.26. The monoisotopic (exact) mass is 535 g/mol. The summed E-state index contributed by atoms with van der Waals surface area (Å²) in [5.74, 6) is -2.44. The number of nitrogens with zero attached hydrogens (tertiary/aromatic N) is 7. The summed E-state index contributed by atoms with van der Waals surface area (Å²) in [6.07, 6.45) is 3.41. The molecule has 2 aliphatic rings. The van der Waals surface area contributed by atoms with Gasteiger partial charge in [-0.2, -0.15) is 4.98 Å². The average molecular weight is 536 g/mol. The Morgan fingerprint density at radius 2 is 1.97 bits per heavy atom. The SMILES string of the molecule is CCOc1cnc(NC(=O)N(C)[C@H]2CN(c3nccc(NC(=O)O[C@@H]4CCN(C)C4)n3)CCC2(F)F)cn1. The molecule has 2 fully saturated rings. The molecule has 0 spiro atoms. The van der Waals surface area contributed by atoms with Crippen molar-refractivity contribution in [3.8, 4) is 5.88 Å². The molecule has 0 aromatic carbocycles. The minimum atomic E-state index is -3.15. The molecule has 2 aromatic heterocycles. The largest absolute Gasteiger partial charge is 0.477 e. The number of carbonyl (C=O) groups excluding carboxylic acids is 2. The summed E-state index contributed by atoms with van der Waals surface area (Å²) in [7, 11) is 3.23. The summed E-state index contributed by atoms with van der Waals surface area (Å²) in [4.78, 5) is 46.1. The van der Waals surface area contributed by atoms with Crippen molar-refractivity contribution < 1.29 is 27.8 Å². The van der Waals surface area contributed by atoms with Crippen LogP contribution in [0.1, 0.15) is 19.8 Å². The topological polar surface area (TPSA) is 138 Å². The molecular formula is C23H31F2N9O4. The molecule has 2 saturated heterocycles. The van der Waals surface area contributed by atoms with Gasteiger partial charge in [0, 0.05) is 45.8 Å². The van der Waals surface area contributed by atoms with Crippen molar-refractivity contribution in [1.29, 1.82) is 0 Å². The van der Waals surface area contributed by atoms with E-state index in [4.69, 9.17) is 9.47 Å². The van der Waals surface area contributed by atoms with Crippen LogP contribution in [0.4, 0.5) is 36.0 Å². The molecule has 4 heterocycles. The molecule has 4 rings (SSSR count). The number of piperidine rings is 1. The van der Waals surface area contributed by atoms with E-state index in [9.17, 15) is 18.4 Å². The molecule has 2 aromatic rings. The Morgan fingerprint density at radius 3 is 2.66 bits per heavy atom. The van der Waals surface area contributed by atoms with E-state index in [0.29, 0.717) is 13.2 Å². The van der Waals surface area contributed by atoms with Crippen LogP contribution in [-0.4, -0.2) is 107 Å². The average Bonchev–Trinajstić information content (AvgIpc) is 3.29. The quantitative estimate of drug-likeness (QED) is 0.543. The van der Waals surface area contributed by atoms with Gasteiger partial charge in [0.25, 0.3) is 5.92 Å². The fraction of sp³-hybridized carbons (Fsp3) is 0.565. The lowest BCUT2D eigenvalue weighted by Crippen LogP contribution is -2.60. The maximum absolute atomic E-state index is 14.9. The lowest BCUT2D eigenvalue weighted by atomic mass is 10.00. The van der Waals surface area contributed by atoms with Gasteiger partial charge in [-0.3, -0.25) is 10.6 Å². The van der Waals surface area contributed by atoms with Gasteiger partial charge in [-0.1, -0.05) is 0 Å². The molecule has 0 radical (unpaired) electrons. The summed E-state index contributed by atoms with van der Waals surface area (Å²) < 4.78 is 40.4. The number of halogens is 2. The molecular weight excluding hydrogens is 504 g/mol. The smallest absolute Gasteiger partial charge is 0.413 e. The van der Waals surface area contributed by atoms with Crippen molar-refractivity contribution in [2.75, 3.05) is 62.4 Å². The first-order valence-electron chi connectivity index (χ1n) is 12.2. The first kappa shape index (κ1) is 27.2. The van der Waals surface area contributed by atoms with E-state index in [1.807, 2.05) is 7.05 Å². The Morgan fingerprint density at radius 1 is 1.16 bits per heavy atom. The Balaban J connectivity index is 1.39. The van der Waals surface area contributed by atoms with Crippen LogP contribution in [0.3, 0.4) is 0 Å². The minimum absolute atomic E-state index is 0.0361. The van der Waals surface area contributed by atoms with Crippen LogP contribution < -0.4 is 20.3 Å². The predicted molar refractivity (Wildman–Crippen MR) is 134 cm³/mol. The van der Waals surface area contributed by atoms with E-state index in [-0.39, 0.29) is 42.7 Å². The molecule has 0 bridgehead atoms. The van der Waals surface area contributed by atoms with Gasteiger partial charge in [0.2, 0.25) is 11.8 Å². The predicted octanol–water partition coefficient (Wildman–Crippen LogP) is 2.30. The number of aromatic nitrogens is 4. The highest BCUT2D eigenvalue weighted by molar-refractivity contribution is 5.88. The number of hydrogen-bond acceptors (Lipinski definition) is 10. The number of nitrogens with one attached hydrogen (secondary N) is 2. The number of ether oxygens (including phenoxy) is 2. The van der Waals surface area contributed by atoms with Crippen LogP contribution in [0.5, 0.6) is 5.88 Å². The number of alkyl halides is 2. The van der Waals surface area contributed by atoms with Gasteiger partial charge >= 0.3 is 12.1 Å². The fourth-order valence-corrected chi connectivity index (χ4v) is 4.26. The maximum Gasteiger partial charge on any atom is 0.413 e. The van der Waals surface area contributed by atoms with Crippen LogP contribution in [-0.2, 0) is 4.74 Å². The van der Waals surface area contributed by atoms with Gasteiger partial charge in [-0.25, -0.2) is 33.3 Å². The third kappa shape index (κ3) is 6.70. The molecule has 2 atom stereocenters. The van der Waals surface area contributed by atoms with Crippen molar-refractivity contribution in [3.63, 3.8) is 0 Å². The molecule has 38 heavy (non-hydrogen) atoms. The summed E-state index contributed by atoms with van der Waals surface area (Å²) in [5, 5.41) is 5.04. The zero-order valence-electron chi connectivity index (χ0n) is 21.4. The highest BCUT2D eigenvalue weighted by Crippen LogP contribution is 2.33. The second-order valence-corrected chi connectivity index (χ2v) is 9.13. The zero-order valence-corrected chi connectivity index (χ0v) is 21.4. The van der Waals surface area contributed by atoms with Crippen molar-refractivity contribution >= 4 is 29.7 Å². The summed E-state index contributed by atoms with van der Waals surface area (Å²) in [5.41, 5.74) is 0. The van der Waals surface area contributed by atoms with Gasteiger partial charge in [0.15, 0.2) is 5.82 Å². The third-order valence-corrected chi connectivity index (χ3v) is 6.32. The van der Waals surface area contributed by atoms with Crippen LogP contribution in [0.15, 0.2) is 24.7 Å². The number of likely N-dealkylation sites (N-methyl/N-ethyl adjacent to an activating group) is 2. The van der Waals surface area contributed by atoms with E-state index in [1.165, 1.54) is 31.7 Å². The van der Waals surface area contributed by atoms with E-state index in [0.717, 1.165) is 17.9 Å². The Hall–Kier alpha value is -3.88. The van der Waals surface area contributed by atoms with Gasteiger partial charge < -0.3 is 24.2 Å². The Labute approximate surface area is 218 Å². The lowest BCUT2D eigenvalue weighted by Gasteiger charge is -2.42.